The van der Waals surface area contributed by atoms with Crippen LogP contribution in [-0.4, -0.2) is 12.2 Å². The van der Waals surface area contributed by atoms with Crippen LogP contribution in [-0.2, 0) is 0 Å². The van der Waals surface area contributed by atoms with Crippen LogP contribution >= 0.6 is 0 Å². The fourth-order valence-electron chi connectivity index (χ4n) is 1.73. The van der Waals surface area contributed by atoms with E-state index < -0.39 is 5.67 Å². The van der Waals surface area contributed by atoms with Crippen molar-refractivity contribution < 1.29 is 4.39 Å². The standard InChI is InChI=1S/C8H16FN/c1-8(9)5-3-2-4-7(8)6-10/h7H,2-6,10H2,1H3. The highest BCUT2D eigenvalue weighted by Gasteiger charge is 2.35. The topological polar surface area (TPSA) is 26.0 Å². The van der Waals surface area contributed by atoms with E-state index in [1.165, 1.54) is 0 Å². The Bertz CT molecular complexity index is 112. The highest BCUT2D eigenvalue weighted by molar-refractivity contribution is 4.86. The molecule has 0 saturated heterocycles. The van der Waals surface area contributed by atoms with Crippen LogP contribution < -0.4 is 5.73 Å². The molecular formula is C8H16FN. The van der Waals surface area contributed by atoms with Crippen molar-refractivity contribution in [2.75, 3.05) is 6.54 Å². The first-order valence-electron chi connectivity index (χ1n) is 4.06. The Labute approximate surface area is 61.8 Å². The number of rotatable bonds is 1. The van der Waals surface area contributed by atoms with Crippen LogP contribution in [0.25, 0.3) is 0 Å². The minimum Gasteiger partial charge on any atom is -0.330 e. The Morgan fingerprint density at radius 2 is 2.30 bits per heavy atom. The summed E-state index contributed by atoms with van der Waals surface area (Å²) in [5, 5.41) is 0. The Kier molecular flexibility index (Phi) is 2.29. The summed E-state index contributed by atoms with van der Waals surface area (Å²) in [6.07, 6.45) is 3.86. The van der Waals surface area contributed by atoms with Crippen LogP contribution in [0, 0.1) is 5.92 Å². The van der Waals surface area contributed by atoms with Crippen molar-refractivity contribution >= 4 is 0 Å². The SMILES string of the molecule is CC1(F)CCCCC1CN. The van der Waals surface area contributed by atoms with Gasteiger partial charge in [-0.3, -0.25) is 0 Å². The van der Waals surface area contributed by atoms with Crippen molar-refractivity contribution in [1.29, 1.82) is 0 Å². The first kappa shape index (κ1) is 7.99. The molecule has 2 unspecified atom stereocenters. The molecule has 0 aliphatic heterocycles. The normalized spacial score (nSPS) is 41.7. The lowest BCUT2D eigenvalue weighted by molar-refractivity contribution is 0.0619. The van der Waals surface area contributed by atoms with Crippen LogP contribution in [0.3, 0.4) is 0 Å². The molecule has 1 nitrogen and oxygen atoms in total. The number of alkyl halides is 1. The van der Waals surface area contributed by atoms with Gasteiger partial charge in [-0.05, 0) is 26.3 Å². The van der Waals surface area contributed by atoms with E-state index in [9.17, 15) is 4.39 Å². The molecule has 1 fully saturated rings. The van der Waals surface area contributed by atoms with Crippen molar-refractivity contribution in [2.45, 2.75) is 38.3 Å². The zero-order valence-corrected chi connectivity index (χ0v) is 6.57. The second kappa shape index (κ2) is 2.87. The maximum atomic E-state index is 13.5. The summed E-state index contributed by atoms with van der Waals surface area (Å²) in [7, 11) is 0. The van der Waals surface area contributed by atoms with Crippen LogP contribution in [0.15, 0.2) is 0 Å². The predicted octanol–water partition coefficient (Wildman–Crippen LogP) is 1.86. The van der Waals surface area contributed by atoms with Crippen LogP contribution in [0.5, 0.6) is 0 Å². The molecule has 2 atom stereocenters. The van der Waals surface area contributed by atoms with Gasteiger partial charge in [-0.15, -0.1) is 0 Å². The zero-order chi connectivity index (χ0) is 7.61. The van der Waals surface area contributed by atoms with Gasteiger partial charge < -0.3 is 5.73 Å². The third kappa shape index (κ3) is 1.48. The summed E-state index contributed by atoms with van der Waals surface area (Å²) in [4.78, 5) is 0. The minimum absolute atomic E-state index is 0.112. The molecule has 0 spiro atoms. The molecule has 60 valence electrons. The fourth-order valence-corrected chi connectivity index (χ4v) is 1.73. The second-order valence-corrected chi connectivity index (χ2v) is 3.46. The lowest BCUT2D eigenvalue weighted by Gasteiger charge is -2.33. The number of halogens is 1. The van der Waals surface area contributed by atoms with E-state index in [2.05, 4.69) is 0 Å². The van der Waals surface area contributed by atoms with Gasteiger partial charge in [0.05, 0.1) is 0 Å². The van der Waals surface area contributed by atoms with E-state index in [0.29, 0.717) is 13.0 Å². The monoisotopic (exact) mass is 145 g/mol. The van der Waals surface area contributed by atoms with Gasteiger partial charge in [0.15, 0.2) is 0 Å². The zero-order valence-electron chi connectivity index (χ0n) is 6.57. The molecule has 2 N–H and O–H groups in total. The van der Waals surface area contributed by atoms with E-state index in [4.69, 9.17) is 5.73 Å². The van der Waals surface area contributed by atoms with Crippen molar-refractivity contribution in [1.82, 2.24) is 0 Å². The molecule has 10 heavy (non-hydrogen) atoms. The predicted molar refractivity (Wildman–Crippen MR) is 40.5 cm³/mol. The first-order chi connectivity index (χ1) is 4.67. The van der Waals surface area contributed by atoms with Gasteiger partial charge in [-0.1, -0.05) is 12.8 Å². The van der Waals surface area contributed by atoms with Crippen LogP contribution in [0.1, 0.15) is 32.6 Å². The maximum absolute atomic E-state index is 13.5. The minimum atomic E-state index is -0.979. The Hall–Kier alpha value is -0.110. The maximum Gasteiger partial charge on any atom is 0.112 e. The van der Waals surface area contributed by atoms with Gasteiger partial charge in [0, 0.05) is 5.92 Å². The largest absolute Gasteiger partial charge is 0.330 e. The molecule has 0 heterocycles. The summed E-state index contributed by atoms with van der Waals surface area (Å²) in [5.74, 6) is 0.112. The van der Waals surface area contributed by atoms with Crippen molar-refractivity contribution in [3.63, 3.8) is 0 Å². The first-order valence-corrected chi connectivity index (χ1v) is 4.06. The quantitative estimate of drug-likeness (QED) is 0.599. The smallest absolute Gasteiger partial charge is 0.112 e. The summed E-state index contributed by atoms with van der Waals surface area (Å²) >= 11 is 0. The van der Waals surface area contributed by atoms with Crippen LogP contribution in [0.2, 0.25) is 0 Å². The van der Waals surface area contributed by atoms with E-state index in [-0.39, 0.29) is 5.92 Å². The lowest BCUT2D eigenvalue weighted by Crippen LogP contribution is -2.37. The van der Waals surface area contributed by atoms with E-state index >= 15 is 0 Å². The van der Waals surface area contributed by atoms with E-state index in [1.54, 1.807) is 6.92 Å². The average molecular weight is 145 g/mol. The van der Waals surface area contributed by atoms with E-state index in [0.717, 1.165) is 19.3 Å². The molecule has 0 radical (unpaired) electrons. The molecule has 0 aromatic rings. The van der Waals surface area contributed by atoms with Gasteiger partial charge in [0.25, 0.3) is 0 Å². The lowest BCUT2D eigenvalue weighted by atomic mass is 9.78. The molecule has 0 bridgehead atoms. The Balaban J connectivity index is 2.51. The van der Waals surface area contributed by atoms with Gasteiger partial charge in [0.1, 0.15) is 5.67 Å². The molecule has 1 rings (SSSR count). The molecule has 1 aliphatic rings. The van der Waals surface area contributed by atoms with Gasteiger partial charge in [-0.2, -0.15) is 0 Å². The van der Waals surface area contributed by atoms with Gasteiger partial charge >= 0.3 is 0 Å². The van der Waals surface area contributed by atoms with Crippen molar-refractivity contribution in [3.05, 3.63) is 0 Å². The number of hydrogen-bond donors (Lipinski definition) is 1. The molecule has 1 aliphatic carbocycles. The molecule has 0 aromatic carbocycles. The summed E-state index contributed by atoms with van der Waals surface area (Å²) in [6, 6.07) is 0. The highest BCUT2D eigenvalue weighted by Crippen LogP contribution is 2.35. The van der Waals surface area contributed by atoms with Gasteiger partial charge in [-0.25, -0.2) is 4.39 Å². The summed E-state index contributed by atoms with van der Waals surface area (Å²) < 4.78 is 13.5. The molecule has 0 amide bonds. The van der Waals surface area contributed by atoms with Crippen molar-refractivity contribution in [2.24, 2.45) is 11.7 Å². The summed E-state index contributed by atoms with van der Waals surface area (Å²) in [5.41, 5.74) is 4.46. The highest BCUT2D eigenvalue weighted by atomic mass is 19.1. The Morgan fingerprint density at radius 1 is 1.60 bits per heavy atom. The fraction of sp³-hybridized carbons (Fsp3) is 1.00. The molecule has 1 saturated carbocycles. The molecular weight excluding hydrogens is 129 g/mol. The van der Waals surface area contributed by atoms with Crippen LogP contribution in [0.4, 0.5) is 4.39 Å². The van der Waals surface area contributed by atoms with Crippen molar-refractivity contribution in [3.8, 4) is 0 Å². The third-order valence-corrected chi connectivity index (χ3v) is 2.60. The number of nitrogens with two attached hydrogens (primary N) is 1. The number of hydrogen-bond acceptors (Lipinski definition) is 1. The van der Waals surface area contributed by atoms with Gasteiger partial charge in [0.2, 0.25) is 0 Å². The third-order valence-electron chi connectivity index (χ3n) is 2.60. The summed E-state index contributed by atoms with van der Waals surface area (Å²) in [6.45, 7) is 2.19. The molecule has 2 heteroatoms. The second-order valence-electron chi connectivity index (χ2n) is 3.46. The average Bonchev–Trinajstić information content (AvgIpc) is 1.87. The van der Waals surface area contributed by atoms with E-state index in [1.807, 2.05) is 0 Å². The Morgan fingerprint density at radius 3 is 2.70 bits per heavy atom. The molecule has 0 aromatic heterocycles.